The molecule has 4 nitrogen and oxygen atoms in total. The topological polar surface area (TPSA) is 46.1 Å². The molecule has 0 radical (unpaired) electrons. The van der Waals surface area contributed by atoms with Gasteiger partial charge in [0.05, 0.1) is 28.0 Å². The third-order valence-corrected chi connectivity index (χ3v) is 5.30. The van der Waals surface area contributed by atoms with Crippen LogP contribution in [0, 0.1) is 0 Å². The number of fused-ring (bicyclic) bond motifs is 3. The number of nitrogens with zero attached hydrogens (tertiary/aromatic N) is 3. The molecule has 2 aromatic rings. The van der Waals surface area contributed by atoms with Gasteiger partial charge in [-0.15, -0.1) is 0 Å². The van der Waals surface area contributed by atoms with Crippen molar-refractivity contribution < 1.29 is 4.79 Å². The molecular formula is C18H14ClN3O. The van der Waals surface area contributed by atoms with Gasteiger partial charge in [0.2, 0.25) is 5.91 Å². The molecule has 0 bridgehead atoms. The number of aromatic nitrogens is 2. The molecule has 3 heterocycles. The second kappa shape index (κ2) is 4.42. The normalized spacial score (nSPS) is 19.8. The van der Waals surface area contributed by atoms with Crippen LogP contribution in [0.3, 0.4) is 0 Å². The van der Waals surface area contributed by atoms with Gasteiger partial charge in [-0.25, -0.2) is 0 Å². The van der Waals surface area contributed by atoms with E-state index < -0.39 is 0 Å². The second-order valence-corrected chi connectivity index (χ2v) is 6.97. The van der Waals surface area contributed by atoms with Gasteiger partial charge < -0.3 is 4.90 Å². The number of pyridine rings is 2. The van der Waals surface area contributed by atoms with Gasteiger partial charge >= 0.3 is 0 Å². The maximum Gasteiger partial charge on any atom is 0.238 e. The van der Waals surface area contributed by atoms with E-state index in [9.17, 15) is 4.79 Å². The Bertz CT molecular complexity index is 886. The van der Waals surface area contributed by atoms with Gasteiger partial charge in [-0.2, -0.15) is 0 Å². The molecule has 1 fully saturated rings. The molecule has 0 aromatic carbocycles. The van der Waals surface area contributed by atoms with Crippen LogP contribution in [0.25, 0.3) is 6.08 Å². The number of halogens is 1. The number of carbonyl (C=O) groups excluding carboxylic acids is 1. The number of amides is 1. The van der Waals surface area contributed by atoms with E-state index in [1.54, 1.807) is 12.4 Å². The SMILES string of the molecule is O=C1N(CC2=Cc3cc(Cl)cnc3C2)c2cnccc2C12CC2. The molecule has 0 N–H and O–H groups in total. The Labute approximate surface area is 138 Å². The number of rotatable bonds is 2. The third-order valence-electron chi connectivity index (χ3n) is 5.10. The lowest BCUT2D eigenvalue weighted by Crippen LogP contribution is -2.33. The predicted octanol–water partition coefficient (Wildman–Crippen LogP) is 3.15. The van der Waals surface area contributed by atoms with Gasteiger partial charge in [0.15, 0.2) is 0 Å². The predicted molar refractivity (Wildman–Crippen MR) is 88.4 cm³/mol. The smallest absolute Gasteiger partial charge is 0.238 e. The van der Waals surface area contributed by atoms with Crippen LogP contribution in [0.5, 0.6) is 0 Å². The van der Waals surface area contributed by atoms with Crippen LogP contribution in [-0.2, 0) is 16.6 Å². The van der Waals surface area contributed by atoms with E-state index in [4.69, 9.17) is 11.6 Å². The van der Waals surface area contributed by atoms with Crippen molar-refractivity contribution in [1.29, 1.82) is 0 Å². The first-order valence-electron chi connectivity index (χ1n) is 7.78. The number of carbonyl (C=O) groups is 1. The van der Waals surface area contributed by atoms with E-state index in [0.717, 1.165) is 41.8 Å². The van der Waals surface area contributed by atoms with Crippen molar-refractivity contribution in [3.63, 3.8) is 0 Å². The molecule has 2 aliphatic carbocycles. The van der Waals surface area contributed by atoms with E-state index in [-0.39, 0.29) is 11.3 Å². The monoisotopic (exact) mass is 323 g/mol. The van der Waals surface area contributed by atoms with Gasteiger partial charge in [-0.05, 0) is 41.7 Å². The molecule has 1 aliphatic heterocycles. The molecule has 5 heteroatoms. The summed E-state index contributed by atoms with van der Waals surface area (Å²) < 4.78 is 0. The highest BCUT2D eigenvalue weighted by Gasteiger charge is 2.59. The van der Waals surface area contributed by atoms with Crippen LogP contribution in [-0.4, -0.2) is 22.4 Å². The Hall–Kier alpha value is -2.20. The summed E-state index contributed by atoms with van der Waals surface area (Å²) in [5, 5.41) is 0.643. The molecule has 1 saturated carbocycles. The molecule has 0 saturated heterocycles. The van der Waals surface area contributed by atoms with Gasteiger partial charge in [-0.3, -0.25) is 14.8 Å². The maximum absolute atomic E-state index is 12.9. The molecule has 114 valence electrons. The van der Waals surface area contributed by atoms with E-state index >= 15 is 0 Å². The van der Waals surface area contributed by atoms with E-state index in [0.29, 0.717) is 11.6 Å². The van der Waals surface area contributed by atoms with E-state index in [1.807, 2.05) is 23.2 Å². The van der Waals surface area contributed by atoms with Crippen LogP contribution >= 0.6 is 11.6 Å². The first kappa shape index (κ1) is 13.3. The zero-order chi connectivity index (χ0) is 15.6. The van der Waals surface area contributed by atoms with Crippen molar-refractivity contribution in [2.75, 3.05) is 11.4 Å². The third kappa shape index (κ3) is 1.81. The second-order valence-electron chi connectivity index (χ2n) is 6.54. The summed E-state index contributed by atoms with van der Waals surface area (Å²) in [7, 11) is 0. The standard InChI is InChI=1S/C18H14ClN3O/c19-13-7-12-5-11(6-15(12)21-8-13)10-22-16-9-20-4-1-14(16)18(2-3-18)17(22)23/h1,4-5,7-9H,2-3,6,10H2. The highest BCUT2D eigenvalue weighted by Crippen LogP contribution is 2.57. The van der Waals surface area contributed by atoms with Crippen molar-refractivity contribution in [2.24, 2.45) is 0 Å². The minimum Gasteiger partial charge on any atom is -0.306 e. The average Bonchev–Trinajstić information content (AvgIpc) is 3.21. The van der Waals surface area contributed by atoms with Gasteiger partial charge in [0, 0.05) is 25.4 Å². The quantitative estimate of drug-likeness (QED) is 0.853. The van der Waals surface area contributed by atoms with Crippen molar-refractivity contribution in [2.45, 2.75) is 24.7 Å². The fourth-order valence-corrected chi connectivity index (χ4v) is 3.97. The first-order chi connectivity index (χ1) is 11.2. The summed E-state index contributed by atoms with van der Waals surface area (Å²) >= 11 is 6.01. The lowest BCUT2D eigenvalue weighted by Gasteiger charge is -2.18. The van der Waals surface area contributed by atoms with Crippen LogP contribution in [0.4, 0.5) is 5.69 Å². The van der Waals surface area contributed by atoms with Crippen LogP contribution in [0.2, 0.25) is 5.02 Å². The fraction of sp³-hybridized carbons (Fsp3) is 0.278. The highest BCUT2D eigenvalue weighted by atomic mass is 35.5. The lowest BCUT2D eigenvalue weighted by molar-refractivity contribution is -0.120. The van der Waals surface area contributed by atoms with Gasteiger partial charge in [0.25, 0.3) is 0 Å². The summed E-state index contributed by atoms with van der Waals surface area (Å²) in [4.78, 5) is 23.4. The Morgan fingerprint density at radius 1 is 1.30 bits per heavy atom. The summed E-state index contributed by atoms with van der Waals surface area (Å²) in [6.45, 7) is 0.604. The van der Waals surface area contributed by atoms with Crippen LogP contribution < -0.4 is 4.90 Å². The van der Waals surface area contributed by atoms with Crippen molar-refractivity contribution in [1.82, 2.24) is 9.97 Å². The first-order valence-corrected chi connectivity index (χ1v) is 8.15. The van der Waals surface area contributed by atoms with Crippen molar-refractivity contribution in [3.8, 4) is 0 Å². The van der Waals surface area contributed by atoms with Gasteiger partial charge in [-0.1, -0.05) is 17.7 Å². The number of hydrogen-bond donors (Lipinski definition) is 0. The summed E-state index contributed by atoms with van der Waals surface area (Å²) in [5.74, 6) is 0.225. The van der Waals surface area contributed by atoms with Crippen LogP contribution in [0.1, 0.15) is 29.7 Å². The number of anilines is 1. The maximum atomic E-state index is 12.9. The molecule has 3 aliphatic rings. The Kier molecular flexibility index (Phi) is 2.55. The fourth-order valence-electron chi connectivity index (χ4n) is 3.80. The zero-order valence-electron chi connectivity index (χ0n) is 12.4. The minimum absolute atomic E-state index is 0.225. The molecule has 2 aromatic heterocycles. The summed E-state index contributed by atoms with van der Waals surface area (Å²) in [6.07, 6.45) is 10.1. The average molecular weight is 324 g/mol. The summed E-state index contributed by atoms with van der Waals surface area (Å²) in [5.41, 5.74) is 5.14. The highest BCUT2D eigenvalue weighted by molar-refractivity contribution is 6.30. The molecule has 1 amide bonds. The van der Waals surface area contributed by atoms with Crippen molar-refractivity contribution in [3.05, 3.63) is 58.1 Å². The molecule has 23 heavy (non-hydrogen) atoms. The minimum atomic E-state index is -0.258. The molecule has 0 unspecified atom stereocenters. The molecular weight excluding hydrogens is 310 g/mol. The Balaban J connectivity index is 1.48. The molecule has 5 rings (SSSR count). The van der Waals surface area contributed by atoms with Crippen LogP contribution in [0.15, 0.2) is 36.3 Å². The largest absolute Gasteiger partial charge is 0.306 e. The zero-order valence-corrected chi connectivity index (χ0v) is 13.2. The Morgan fingerprint density at radius 3 is 3.00 bits per heavy atom. The number of hydrogen-bond acceptors (Lipinski definition) is 3. The molecule has 0 atom stereocenters. The van der Waals surface area contributed by atoms with Crippen molar-refractivity contribution >= 4 is 29.3 Å². The lowest BCUT2D eigenvalue weighted by atomic mass is 9.99. The van der Waals surface area contributed by atoms with Gasteiger partial charge in [0.1, 0.15) is 0 Å². The van der Waals surface area contributed by atoms with E-state index in [2.05, 4.69) is 16.0 Å². The van der Waals surface area contributed by atoms with E-state index in [1.165, 1.54) is 5.57 Å². The molecule has 1 spiro atoms. The Morgan fingerprint density at radius 2 is 2.17 bits per heavy atom. The summed E-state index contributed by atoms with van der Waals surface area (Å²) in [6, 6.07) is 3.93.